The Morgan fingerprint density at radius 2 is 2.19 bits per heavy atom. The van der Waals surface area contributed by atoms with Crippen molar-refractivity contribution >= 4 is 28.3 Å². The Hall–Kier alpha value is -1.95. The molecular formula is C15H18N4OS. The smallest absolute Gasteiger partial charge is 0.224 e. The number of fused-ring (bicyclic) bond motifs is 1. The molecule has 6 heteroatoms. The van der Waals surface area contributed by atoms with E-state index in [4.69, 9.17) is 0 Å². The third kappa shape index (κ3) is 2.90. The summed E-state index contributed by atoms with van der Waals surface area (Å²) in [6.07, 6.45) is 0.741. The van der Waals surface area contributed by atoms with Crippen LogP contribution in [0.2, 0.25) is 0 Å². The monoisotopic (exact) mass is 302 g/mol. The van der Waals surface area contributed by atoms with E-state index in [2.05, 4.69) is 20.6 Å². The second kappa shape index (κ2) is 5.81. The predicted molar refractivity (Wildman–Crippen MR) is 85.6 cm³/mol. The SMILES string of the molecule is CCNc1nc2c(c(Nc3cccc(C)c3)n1)S(=O)CC2. The largest absolute Gasteiger partial charge is 0.354 e. The van der Waals surface area contributed by atoms with Crippen LogP contribution < -0.4 is 10.6 Å². The fourth-order valence-electron chi connectivity index (χ4n) is 2.38. The molecule has 0 saturated carbocycles. The summed E-state index contributed by atoms with van der Waals surface area (Å²) < 4.78 is 12.2. The van der Waals surface area contributed by atoms with Gasteiger partial charge in [-0.25, -0.2) is 4.98 Å². The maximum Gasteiger partial charge on any atom is 0.224 e. The molecule has 0 bridgehead atoms. The first-order chi connectivity index (χ1) is 10.2. The van der Waals surface area contributed by atoms with Crippen LogP contribution in [0, 0.1) is 6.92 Å². The fourth-order valence-corrected chi connectivity index (χ4v) is 3.68. The lowest BCUT2D eigenvalue weighted by Crippen LogP contribution is -2.08. The van der Waals surface area contributed by atoms with E-state index in [9.17, 15) is 4.21 Å². The van der Waals surface area contributed by atoms with Crippen LogP contribution in [0.3, 0.4) is 0 Å². The third-order valence-electron chi connectivity index (χ3n) is 3.30. The quantitative estimate of drug-likeness (QED) is 0.909. The molecule has 0 amide bonds. The van der Waals surface area contributed by atoms with Gasteiger partial charge in [-0.05, 0) is 31.5 Å². The molecule has 1 aliphatic heterocycles. The summed E-state index contributed by atoms with van der Waals surface area (Å²) in [5, 5.41) is 6.42. The Balaban J connectivity index is 2.02. The van der Waals surface area contributed by atoms with Crippen LogP contribution in [-0.2, 0) is 17.2 Å². The van der Waals surface area contributed by atoms with E-state index < -0.39 is 10.8 Å². The highest BCUT2D eigenvalue weighted by Gasteiger charge is 2.25. The lowest BCUT2D eigenvalue weighted by Gasteiger charge is -2.12. The van der Waals surface area contributed by atoms with E-state index in [-0.39, 0.29) is 0 Å². The molecule has 0 aliphatic carbocycles. The lowest BCUT2D eigenvalue weighted by atomic mass is 10.2. The zero-order valence-electron chi connectivity index (χ0n) is 12.1. The van der Waals surface area contributed by atoms with Crippen molar-refractivity contribution in [3.63, 3.8) is 0 Å². The summed E-state index contributed by atoms with van der Waals surface area (Å²) >= 11 is 0. The first kappa shape index (κ1) is 14.0. The molecule has 0 spiro atoms. The van der Waals surface area contributed by atoms with Crippen molar-refractivity contribution in [3.8, 4) is 0 Å². The van der Waals surface area contributed by atoms with E-state index in [1.807, 2.05) is 38.1 Å². The van der Waals surface area contributed by atoms with Crippen molar-refractivity contribution in [2.45, 2.75) is 25.2 Å². The Morgan fingerprint density at radius 3 is 2.95 bits per heavy atom. The molecule has 5 nitrogen and oxygen atoms in total. The molecule has 1 unspecified atom stereocenters. The van der Waals surface area contributed by atoms with Gasteiger partial charge < -0.3 is 10.6 Å². The summed E-state index contributed by atoms with van der Waals surface area (Å²) in [4.78, 5) is 9.69. The molecule has 110 valence electrons. The van der Waals surface area contributed by atoms with Crippen molar-refractivity contribution in [1.82, 2.24) is 9.97 Å². The van der Waals surface area contributed by atoms with Crippen LogP contribution in [0.5, 0.6) is 0 Å². The molecule has 21 heavy (non-hydrogen) atoms. The minimum Gasteiger partial charge on any atom is -0.354 e. The Kier molecular flexibility index (Phi) is 3.88. The van der Waals surface area contributed by atoms with Gasteiger partial charge in [0, 0.05) is 24.4 Å². The molecule has 2 N–H and O–H groups in total. The number of hydrogen-bond acceptors (Lipinski definition) is 5. The molecule has 2 aromatic rings. The zero-order chi connectivity index (χ0) is 14.8. The van der Waals surface area contributed by atoms with E-state index in [0.717, 1.165) is 29.2 Å². The number of benzene rings is 1. The molecule has 0 saturated heterocycles. The van der Waals surface area contributed by atoms with Crippen LogP contribution in [0.1, 0.15) is 18.2 Å². The Bertz CT molecular complexity index is 702. The van der Waals surface area contributed by atoms with Crippen molar-refractivity contribution < 1.29 is 4.21 Å². The second-order valence-electron chi connectivity index (χ2n) is 5.00. The number of aryl methyl sites for hydroxylation is 2. The standard InChI is InChI=1S/C15H18N4OS/c1-3-16-15-18-12-7-8-21(20)13(12)14(19-15)17-11-6-4-5-10(2)9-11/h4-6,9H,3,7-8H2,1-2H3,(H2,16,17,18,19). The van der Waals surface area contributed by atoms with Crippen molar-refractivity contribution in [2.24, 2.45) is 0 Å². The van der Waals surface area contributed by atoms with Gasteiger partial charge in [-0.3, -0.25) is 4.21 Å². The van der Waals surface area contributed by atoms with Gasteiger partial charge in [-0.1, -0.05) is 12.1 Å². The molecule has 1 atom stereocenters. The lowest BCUT2D eigenvalue weighted by molar-refractivity contribution is 0.685. The van der Waals surface area contributed by atoms with Crippen LogP contribution in [-0.4, -0.2) is 26.5 Å². The fraction of sp³-hybridized carbons (Fsp3) is 0.333. The molecule has 0 fully saturated rings. The average Bonchev–Trinajstić information content (AvgIpc) is 2.81. The molecule has 0 radical (unpaired) electrons. The molecule has 1 aliphatic rings. The second-order valence-corrected chi connectivity index (χ2v) is 6.50. The van der Waals surface area contributed by atoms with Gasteiger partial charge in [0.2, 0.25) is 5.95 Å². The summed E-state index contributed by atoms with van der Waals surface area (Å²) in [7, 11) is -1.02. The number of hydrogen-bond donors (Lipinski definition) is 2. The van der Waals surface area contributed by atoms with Crippen LogP contribution in [0.25, 0.3) is 0 Å². The highest BCUT2D eigenvalue weighted by Crippen LogP contribution is 2.30. The van der Waals surface area contributed by atoms with Crippen molar-refractivity contribution in [2.75, 3.05) is 22.9 Å². The highest BCUT2D eigenvalue weighted by molar-refractivity contribution is 7.85. The normalized spacial score (nSPS) is 16.6. The number of anilines is 3. The van der Waals surface area contributed by atoms with Crippen LogP contribution in [0.15, 0.2) is 29.2 Å². The first-order valence-corrected chi connectivity index (χ1v) is 8.36. The molecular weight excluding hydrogens is 284 g/mol. The molecule has 3 rings (SSSR count). The molecule has 2 heterocycles. The maximum atomic E-state index is 12.2. The minimum atomic E-state index is -1.02. The molecule has 1 aromatic heterocycles. The minimum absolute atomic E-state index is 0.588. The summed E-state index contributed by atoms with van der Waals surface area (Å²) in [5.74, 6) is 1.87. The van der Waals surface area contributed by atoms with E-state index in [1.165, 1.54) is 5.56 Å². The average molecular weight is 302 g/mol. The van der Waals surface area contributed by atoms with Crippen molar-refractivity contribution in [3.05, 3.63) is 35.5 Å². The summed E-state index contributed by atoms with van der Waals surface area (Å²) in [5.41, 5.74) is 3.00. The van der Waals surface area contributed by atoms with E-state index in [0.29, 0.717) is 17.5 Å². The van der Waals surface area contributed by atoms with E-state index >= 15 is 0 Å². The topological polar surface area (TPSA) is 66.9 Å². The number of aromatic nitrogens is 2. The van der Waals surface area contributed by atoms with Gasteiger partial charge >= 0.3 is 0 Å². The molecule has 1 aromatic carbocycles. The van der Waals surface area contributed by atoms with Crippen molar-refractivity contribution in [1.29, 1.82) is 0 Å². The first-order valence-electron chi connectivity index (χ1n) is 7.04. The van der Waals surface area contributed by atoms with Gasteiger partial charge in [0.25, 0.3) is 0 Å². The third-order valence-corrected chi connectivity index (χ3v) is 4.76. The van der Waals surface area contributed by atoms with Gasteiger partial charge in [0.15, 0.2) is 5.82 Å². The number of rotatable bonds is 4. The highest BCUT2D eigenvalue weighted by atomic mass is 32.2. The van der Waals surface area contributed by atoms with Crippen LogP contribution in [0.4, 0.5) is 17.5 Å². The van der Waals surface area contributed by atoms with Gasteiger partial charge in [0.05, 0.1) is 16.5 Å². The number of nitrogens with zero attached hydrogens (tertiary/aromatic N) is 2. The summed E-state index contributed by atoms with van der Waals surface area (Å²) in [6, 6.07) is 8.05. The summed E-state index contributed by atoms with van der Waals surface area (Å²) in [6.45, 7) is 4.80. The Labute approximate surface area is 126 Å². The van der Waals surface area contributed by atoms with E-state index in [1.54, 1.807) is 0 Å². The van der Waals surface area contributed by atoms with Gasteiger partial charge in [-0.2, -0.15) is 4.98 Å². The Morgan fingerprint density at radius 1 is 1.33 bits per heavy atom. The number of nitrogens with one attached hydrogen (secondary N) is 2. The zero-order valence-corrected chi connectivity index (χ0v) is 13.0. The predicted octanol–water partition coefficient (Wildman–Crippen LogP) is 2.62. The maximum absolute atomic E-state index is 12.2. The van der Waals surface area contributed by atoms with Gasteiger partial charge in [0.1, 0.15) is 4.90 Å². The van der Waals surface area contributed by atoms with Crippen LogP contribution >= 0.6 is 0 Å². The van der Waals surface area contributed by atoms with Gasteiger partial charge in [-0.15, -0.1) is 0 Å².